The molecule has 34 heavy (non-hydrogen) atoms. The Morgan fingerprint density at radius 3 is 2.65 bits per heavy atom. The lowest BCUT2D eigenvalue weighted by molar-refractivity contribution is -0.115. The molecule has 1 aromatic carbocycles. The maximum absolute atomic E-state index is 12.9. The third kappa shape index (κ3) is 5.38. The number of anilines is 1. The predicted molar refractivity (Wildman–Crippen MR) is 123 cm³/mol. The Kier molecular flexibility index (Phi) is 7.13. The van der Waals surface area contributed by atoms with Gasteiger partial charge in [-0.3, -0.25) is 9.78 Å². The van der Waals surface area contributed by atoms with Crippen molar-refractivity contribution in [3.8, 4) is 22.9 Å². The fourth-order valence-electron chi connectivity index (χ4n) is 3.05. The molecule has 3 aromatic heterocycles. The van der Waals surface area contributed by atoms with Gasteiger partial charge >= 0.3 is 5.97 Å². The summed E-state index contributed by atoms with van der Waals surface area (Å²) in [4.78, 5) is 34.6. The van der Waals surface area contributed by atoms with E-state index in [1.807, 2.05) is 17.5 Å². The molecule has 0 radical (unpaired) electrons. The van der Waals surface area contributed by atoms with Crippen molar-refractivity contribution >= 4 is 28.9 Å². The highest BCUT2D eigenvalue weighted by Gasteiger charge is 2.21. The smallest absolute Gasteiger partial charge is 0.340 e. The van der Waals surface area contributed by atoms with E-state index in [-0.39, 0.29) is 36.1 Å². The largest absolute Gasteiger partial charge is 0.493 e. The van der Waals surface area contributed by atoms with Crippen molar-refractivity contribution < 1.29 is 28.3 Å². The third-order valence-corrected chi connectivity index (χ3v) is 5.52. The average Bonchev–Trinajstić information content (AvgIpc) is 3.55. The van der Waals surface area contributed by atoms with E-state index in [1.54, 1.807) is 24.5 Å². The van der Waals surface area contributed by atoms with Gasteiger partial charge < -0.3 is 24.1 Å². The minimum atomic E-state index is -0.714. The molecule has 4 rings (SSSR count). The molecule has 0 atom stereocenters. The fourth-order valence-corrected chi connectivity index (χ4v) is 3.75. The van der Waals surface area contributed by atoms with Crippen LogP contribution in [0.4, 0.5) is 5.69 Å². The fraction of sp³-hybridized carbons (Fsp3) is 0.174. The van der Waals surface area contributed by atoms with Gasteiger partial charge in [-0.1, -0.05) is 11.2 Å². The first-order chi connectivity index (χ1) is 16.6. The third-order valence-electron chi connectivity index (χ3n) is 4.65. The molecule has 0 saturated heterocycles. The number of rotatable bonds is 9. The molecule has 4 aromatic rings. The van der Waals surface area contributed by atoms with Gasteiger partial charge in [-0.25, -0.2) is 4.79 Å². The van der Waals surface area contributed by atoms with Crippen LogP contribution >= 0.6 is 11.3 Å². The van der Waals surface area contributed by atoms with Gasteiger partial charge in [-0.05, 0) is 23.6 Å². The van der Waals surface area contributed by atoms with Crippen LogP contribution in [-0.4, -0.2) is 41.2 Å². The molecule has 1 N–H and O–H groups in total. The highest BCUT2D eigenvalue weighted by atomic mass is 32.1. The van der Waals surface area contributed by atoms with E-state index in [9.17, 15) is 9.59 Å². The van der Waals surface area contributed by atoms with Crippen LogP contribution in [0.2, 0.25) is 0 Å². The normalized spacial score (nSPS) is 10.5. The summed E-state index contributed by atoms with van der Waals surface area (Å²) in [6.07, 6.45) is 3.39. The molecule has 0 spiro atoms. The van der Waals surface area contributed by atoms with Crippen molar-refractivity contribution in [2.75, 3.05) is 19.5 Å². The van der Waals surface area contributed by atoms with Gasteiger partial charge in [-0.15, -0.1) is 11.3 Å². The first kappa shape index (κ1) is 22.9. The lowest BCUT2D eigenvalue weighted by Crippen LogP contribution is -2.17. The number of carbonyl (C=O) groups is 2. The molecule has 1 amide bonds. The highest BCUT2D eigenvalue weighted by Crippen LogP contribution is 2.34. The van der Waals surface area contributed by atoms with Crippen LogP contribution in [0, 0.1) is 0 Å². The number of hydrogen-bond acceptors (Lipinski definition) is 10. The summed E-state index contributed by atoms with van der Waals surface area (Å²) in [6.45, 7) is -0.261. The van der Waals surface area contributed by atoms with Gasteiger partial charge in [0.2, 0.25) is 11.7 Å². The van der Waals surface area contributed by atoms with E-state index in [0.717, 1.165) is 4.88 Å². The minimum absolute atomic E-state index is 0.0872. The second-order valence-electron chi connectivity index (χ2n) is 6.89. The first-order valence-electron chi connectivity index (χ1n) is 10.1. The molecule has 0 bridgehead atoms. The van der Waals surface area contributed by atoms with E-state index in [2.05, 4.69) is 20.4 Å². The topological polar surface area (TPSA) is 126 Å². The zero-order chi connectivity index (χ0) is 23.9. The number of nitrogens with zero attached hydrogens (tertiary/aromatic N) is 3. The molecule has 0 fully saturated rings. The van der Waals surface area contributed by atoms with Crippen LogP contribution < -0.4 is 14.8 Å². The molecule has 0 unspecified atom stereocenters. The van der Waals surface area contributed by atoms with E-state index >= 15 is 0 Å². The molecule has 174 valence electrons. The number of thiophene rings is 1. The summed E-state index contributed by atoms with van der Waals surface area (Å²) in [5.41, 5.74) is 0.981. The zero-order valence-electron chi connectivity index (χ0n) is 18.3. The van der Waals surface area contributed by atoms with Gasteiger partial charge in [0.25, 0.3) is 5.89 Å². The molecule has 0 aliphatic heterocycles. The number of methoxy groups -OCH3 is 2. The number of hydrogen-bond donors (Lipinski definition) is 1. The number of amides is 1. The lowest BCUT2D eigenvalue weighted by Gasteiger charge is -2.15. The van der Waals surface area contributed by atoms with Crippen LogP contribution in [0.3, 0.4) is 0 Å². The molecule has 3 heterocycles. The van der Waals surface area contributed by atoms with Crippen molar-refractivity contribution in [1.82, 2.24) is 15.1 Å². The first-order valence-corrected chi connectivity index (χ1v) is 10.9. The van der Waals surface area contributed by atoms with Crippen LogP contribution in [0.15, 0.2) is 58.7 Å². The Labute approximate surface area is 198 Å². The van der Waals surface area contributed by atoms with Gasteiger partial charge in [0.15, 0.2) is 18.1 Å². The molecular formula is C23H20N4O6S. The van der Waals surface area contributed by atoms with Gasteiger partial charge in [0, 0.05) is 35.0 Å². The van der Waals surface area contributed by atoms with Gasteiger partial charge in [0.05, 0.1) is 31.9 Å². The summed E-state index contributed by atoms with van der Waals surface area (Å²) in [5, 5.41) is 8.51. The number of carbonyl (C=O) groups excluding carboxylic acids is 2. The molecule has 10 nitrogen and oxygen atoms in total. The number of pyridine rings is 1. The zero-order valence-corrected chi connectivity index (χ0v) is 19.1. The predicted octanol–water partition coefficient (Wildman–Crippen LogP) is 3.75. The Morgan fingerprint density at radius 2 is 1.94 bits per heavy atom. The summed E-state index contributed by atoms with van der Waals surface area (Å²) < 4.78 is 21.1. The van der Waals surface area contributed by atoms with Crippen LogP contribution in [0.1, 0.15) is 21.1 Å². The second kappa shape index (κ2) is 10.6. The lowest BCUT2D eigenvalue weighted by atomic mass is 10.1. The average molecular weight is 481 g/mol. The maximum atomic E-state index is 12.9. The summed E-state index contributed by atoms with van der Waals surface area (Å²) >= 11 is 1.47. The summed E-state index contributed by atoms with van der Waals surface area (Å²) in [7, 11) is 2.91. The number of esters is 1. The van der Waals surface area contributed by atoms with Crippen molar-refractivity contribution in [3.63, 3.8) is 0 Å². The molecule has 0 aliphatic rings. The Balaban J connectivity index is 1.51. The molecular weight excluding hydrogens is 460 g/mol. The number of aromatic nitrogens is 3. The monoisotopic (exact) mass is 480 g/mol. The van der Waals surface area contributed by atoms with Crippen LogP contribution in [-0.2, 0) is 22.6 Å². The number of ether oxygens (including phenoxy) is 3. The Bertz CT molecular complexity index is 1270. The maximum Gasteiger partial charge on any atom is 0.340 e. The summed E-state index contributed by atoms with van der Waals surface area (Å²) in [5.74, 6) is 0.0869. The van der Waals surface area contributed by atoms with Gasteiger partial charge in [0.1, 0.15) is 0 Å². The van der Waals surface area contributed by atoms with Crippen molar-refractivity contribution in [2.24, 2.45) is 0 Å². The number of nitrogens with one attached hydrogen (secondary N) is 1. The summed E-state index contributed by atoms with van der Waals surface area (Å²) in [6, 6.07) is 10.2. The van der Waals surface area contributed by atoms with Gasteiger partial charge in [-0.2, -0.15) is 4.98 Å². The van der Waals surface area contributed by atoms with E-state index < -0.39 is 5.97 Å². The Hall–Kier alpha value is -4.25. The van der Waals surface area contributed by atoms with Crippen LogP contribution in [0.25, 0.3) is 11.4 Å². The molecule has 11 heteroatoms. The second-order valence-corrected chi connectivity index (χ2v) is 7.92. The number of benzene rings is 1. The standard InChI is InChI=1S/C23H20N4O6S/c1-30-18-10-16(17(11-19(18)31-2)25-20(28)9-15-6-4-8-34-15)23(29)32-13-21-26-22(27-33-21)14-5-3-7-24-12-14/h3-8,10-12H,9,13H2,1-2H3,(H,25,28). The van der Waals surface area contributed by atoms with E-state index in [0.29, 0.717) is 22.9 Å². The van der Waals surface area contributed by atoms with Crippen molar-refractivity contribution in [2.45, 2.75) is 13.0 Å². The van der Waals surface area contributed by atoms with Crippen LogP contribution in [0.5, 0.6) is 11.5 Å². The van der Waals surface area contributed by atoms with E-state index in [4.69, 9.17) is 18.7 Å². The highest BCUT2D eigenvalue weighted by molar-refractivity contribution is 7.10. The molecule has 0 aliphatic carbocycles. The van der Waals surface area contributed by atoms with Crippen molar-refractivity contribution in [3.05, 3.63) is 70.5 Å². The Morgan fingerprint density at radius 1 is 1.12 bits per heavy atom. The molecule has 0 saturated carbocycles. The van der Waals surface area contributed by atoms with Crippen molar-refractivity contribution in [1.29, 1.82) is 0 Å². The quantitative estimate of drug-likeness (QED) is 0.356. The minimum Gasteiger partial charge on any atom is -0.493 e. The van der Waals surface area contributed by atoms with E-state index in [1.165, 1.54) is 37.7 Å². The SMILES string of the molecule is COc1cc(NC(=O)Cc2cccs2)c(C(=O)OCc2nc(-c3cccnc3)no2)cc1OC.